The Kier molecular flexibility index (Phi) is 4.65. The van der Waals surface area contributed by atoms with Gasteiger partial charge in [-0.25, -0.2) is 0 Å². The molecule has 0 spiro atoms. The zero-order chi connectivity index (χ0) is 17.8. The van der Waals surface area contributed by atoms with Gasteiger partial charge in [-0.1, -0.05) is 6.07 Å². The largest absolute Gasteiger partial charge is 0.496 e. The van der Waals surface area contributed by atoms with E-state index in [0.29, 0.717) is 34.5 Å². The first-order valence-corrected chi connectivity index (χ1v) is 7.55. The zero-order valence-electron chi connectivity index (χ0n) is 14.1. The predicted molar refractivity (Wildman–Crippen MR) is 92.0 cm³/mol. The summed E-state index contributed by atoms with van der Waals surface area (Å²) in [6, 6.07) is 12.3. The van der Waals surface area contributed by atoms with E-state index in [-0.39, 0.29) is 5.91 Å². The molecule has 0 atom stereocenters. The number of rotatable bonds is 5. The Balaban J connectivity index is 1.82. The van der Waals surface area contributed by atoms with Gasteiger partial charge in [-0.15, -0.1) is 10.2 Å². The fourth-order valence-corrected chi connectivity index (χ4v) is 2.38. The lowest BCUT2D eigenvalue weighted by molar-refractivity contribution is 0.102. The Labute approximate surface area is 144 Å². The average molecular weight is 339 g/mol. The number of aromatic nitrogens is 2. The van der Waals surface area contributed by atoms with Crippen LogP contribution in [0.1, 0.15) is 16.2 Å². The second-order valence-corrected chi connectivity index (χ2v) is 5.20. The van der Waals surface area contributed by atoms with E-state index < -0.39 is 0 Å². The van der Waals surface area contributed by atoms with Crippen LogP contribution in [0.4, 0.5) is 5.69 Å². The monoisotopic (exact) mass is 339 g/mol. The van der Waals surface area contributed by atoms with Crippen LogP contribution in [-0.4, -0.2) is 30.3 Å². The molecule has 25 heavy (non-hydrogen) atoms. The maximum atomic E-state index is 12.6. The van der Waals surface area contributed by atoms with Gasteiger partial charge in [0.2, 0.25) is 11.8 Å². The lowest BCUT2D eigenvalue weighted by Gasteiger charge is -2.13. The Morgan fingerprint density at radius 3 is 2.16 bits per heavy atom. The predicted octanol–water partition coefficient (Wildman–Crippen LogP) is 3.31. The first kappa shape index (κ1) is 16.5. The Morgan fingerprint density at radius 1 is 1.00 bits per heavy atom. The van der Waals surface area contributed by atoms with Gasteiger partial charge in [0, 0.05) is 18.2 Å². The average Bonchev–Trinajstić information content (AvgIpc) is 3.07. The summed E-state index contributed by atoms with van der Waals surface area (Å²) >= 11 is 0. The summed E-state index contributed by atoms with van der Waals surface area (Å²) in [7, 11) is 3.01. The van der Waals surface area contributed by atoms with Crippen LogP contribution in [0.5, 0.6) is 11.5 Å². The van der Waals surface area contributed by atoms with Crippen molar-refractivity contribution in [2.75, 3.05) is 19.5 Å². The minimum atomic E-state index is -0.323. The van der Waals surface area contributed by atoms with E-state index in [9.17, 15) is 4.79 Å². The van der Waals surface area contributed by atoms with Gasteiger partial charge in [-0.3, -0.25) is 4.79 Å². The molecule has 1 N–H and O–H groups in total. The molecule has 2 aromatic carbocycles. The van der Waals surface area contributed by atoms with Crippen LogP contribution in [-0.2, 0) is 0 Å². The third kappa shape index (κ3) is 3.45. The van der Waals surface area contributed by atoms with Crippen molar-refractivity contribution in [3.63, 3.8) is 0 Å². The molecule has 0 bridgehead atoms. The molecule has 1 amide bonds. The third-order valence-electron chi connectivity index (χ3n) is 3.57. The number of amides is 1. The molecule has 0 aliphatic carbocycles. The molecule has 0 fully saturated rings. The van der Waals surface area contributed by atoms with Gasteiger partial charge in [-0.2, -0.15) is 0 Å². The van der Waals surface area contributed by atoms with Crippen LogP contribution in [0.25, 0.3) is 11.5 Å². The number of ether oxygens (including phenoxy) is 2. The number of aryl methyl sites for hydroxylation is 1. The van der Waals surface area contributed by atoms with Crippen LogP contribution < -0.4 is 14.8 Å². The van der Waals surface area contributed by atoms with Crippen LogP contribution in [0.15, 0.2) is 46.9 Å². The molecule has 1 heterocycles. The number of benzene rings is 2. The number of hydrogen-bond donors (Lipinski definition) is 1. The van der Waals surface area contributed by atoms with E-state index >= 15 is 0 Å². The molecule has 7 nitrogen and oxygen atoms in total. The maximum Gasteiger partial charge on any atom is 0.263 e. The second-order valence-electron chi connectivity index (χ2n) is 5.20. The third-order valence-corrected chi connectivity index (χ3v) is 3.57. The van der Waals surface area contributed by atoms with E-state index in [2.05, 4.69) is 15.5 Å². The number of anilines is 1. The lowest BCUT2D eigenvalue weighted by Crippen LogP contribution is -2.14. The molecule has 0 aliphatic heterocycles. The molecule has 0 aliphatic rings. The molecule has 3 aromatic rings. The van der Waals surface area contributed by atoms with Crippen LogP contribution in [0.2, 0.25) is 0 Å². The van der Waals surface area contributed by atoms with Gasteiger partial charge in [0.1, 0.15) is 17.1 Å². The summed E-state index contributed by atoms with van der Waals surface area (Å²) in [5.41, 5.74) is 1.73. The van der Waals surface area contributed by atoms with Gasteiger partial charge < -0.3 is 19.2 Å². The highest BCUT2D eigenvalue weighted by Gasteiger charge is 2.18. The fourth-order valence-electron chi connectivity index (χ4n) is 2.38. The van der Waals surface area contributed by atoms with Crippen molar-refractivity contribution in [3.8, 4) is 23.0 Å². The minimum absolute atomic E-state index is 0.323. The number of nitrogens with one attached hydrogen (secondary N) is 1. The van der Waals surface area contributed by atoms with Crippen molar-refractivity contribution in [1.82, 2.24) is 10.2 Å². The van der Waals surface area contributed by atoms with Gasteiger partial charge in [0.05, 0.1) is 14.2 Å². The summed E-state index contributed by atoms with van der Waals surface area (Å²) in [6.07, 6.45) is 0. The van der Waals surface area contributed by atoms with Crippen LogP contribution in [0.3, 0.4) is 0 Å². The first-order chi connectivity index (χ1) is 12.1. The van der Waals surface area contributed by atoms with Crippen molar-refractivity contribution in [2.24, 2.45) is 0 Å². The summed E-state index contributed by atoms with van der Waals surface area (Å²) in [4.78, 5) is 12.6. The number of hydrogen-bond acceptors (Lipinski definition) is 6. The van der Waals surface area contributed by atoms with Gasteiger partial charge in [-0.05, 0) is 36.4 Å². The van der Waals surface area contributed by atoms with E-state index in [1.807, 2.05) is 0 Å². The van der Waals surface area contributed by atoms with Gasteiger partial charge in [0.15, 0.2) is 0 Å². The number of carbonyl (C=O) groups excluding carboxylic acids is 1. The van der Waals surface area contributed by atoms with Gasteiger partial charge in [0.25, 0.3) is 5.91 Å². The first-order valence-electron chi connectivity index (χ1n) is 7.55. The van der Waals surface area contributed by atoms with Crippen molar-refractivity contribution >= 4 is 11.6 Å². The SMILES string of the molecule is COc1cccc(OC)c1C(=O)Nc1ccc(-c2nnc(C)o2)cc1. The summed E-state index contributed by atoms with van der Waals surface area (Å²) in [5.74, 6) is 1.48. The van der Waals surface area contributed by atoms with E-state index in [0.717, 1.165) is 5.56 Å². The molecular formula is C18H17N3O4. The zero-order valence-corrected chi connectivity index (χ0v) is 14.1. The smallest absolute Gasteiger partial charge is 0.263 e. The molecular weight excluding hydrogens is 322 g/mol. The quantitative estimate of drug-likeness (QED) is 0.767. The number of methoxy groups -OCH3 is 2. The standard InChI is InChI=1S/C18H17N3O4/c1-11-20-21-18(25-11)12-7-9-13(10-8-12)19-17(22)16-14(23-2)5-4-6-15(16)24-3/h4-10H,1-3H3,(H,19,22). The lowest BCUT2D eigenvalue weighted by atomic mass is 10.1. The molecule has 0 radical (unpaired) electrons. The van der Waals surface area contributed by atoms with Crippen LogP contribution >= 0.6 is 0 Å². The maximum absolute atomic E-state index is 12.6. The summed E-state index contributed by atoms with van der Waals surface area (Å²) < 4.78 is 15.9. The minimum Gasteiger partial charge on any atom is -0.496 e. The molecule has 0 saturated carbocycles. The van der Waals surface area contributed by atoms with Crippen molar-refractivity contribution in [1.29, 1.82) is 0 Å². The second kappa shape index (κ2) is 7.04. The Morgan fingerprint density at radius 2 is 1.64 bits per heavy atom. The number of carbonyl (C=O) groups is 1. The summed E-state index contributed by atoms with van der Waals surface area (Å²) in [5, 5.41) is 10.6. The molecule has 128 valence electrons. The summed E-state index contributed by atoms with van der Waals surface area (Å²) in [6.45, 7) is 1.73. The normalized spacial score (nSPS) is 10.4. The van der Waals surface area contributed by atoms with Crippen molar-refractivity contribution in [2.45, 2.75) is 6.92 Å². The van der Waals surface area contributed by atoms with E-state index in [1.165, 1.54) is 14.2 Å². The molecule has 7 heteroatoms. The highest BCUT2D eigenvalue weighted by Crippen LogP contribution is 2.29. The van der Waals surface area contributed by atoms with Gasteiger partial charge >= 0.3 is 0 Å². The highest BCUT2D eigenvalue weighted by atomic mass is 16.5. The molecule has 1 aromatic heterocycles. The molecule has 3 rings (SSSR count). The van der Waals surface area contributed by atoms with Crippen molar-refractivity contribution < 1.29 is 18.7 Å². The highest BCUT2D eigenvalue weighted by molar-refractivity contribution is 6.08. The van der Waals surface area contributed by atoms with Crippen molar-refractivity contribution in [3.05, 3.63) is 53.9 Å². The van der Waals surface area contributed by atoms with E-state index in [1.54, 1.807) is 49.4 Å². The molecule has 0 saturated heterocycles. The number of nitrogens with zero attached hydrogens (tertiary/aromatic N) is 2. The van der Waals surface area contributed by atoms with E-state index in [4.69, 9.17) is 13.9 Å². The fraction of sp³-hybridized carbons (Fsp3) is 0.167. The Bertz CT molecular complexity index is 865. The Hall–Kier alpha value is -3.35. The van der Waals surface area contributed by atoms with Crippen LogP contribution in [0, 0.1) is 6.92 Å². The molecule has 0 unspecified atom stereocenters. The topological polar surface area (TPSA) is 86.5 Å².